The van der Waals surface area contributed by atoms with E-state index < -0.39 is 17.4 Å². The molecule has 0 radical (unpaired) electrons. The molecule has 8 heteroatoms. The van der Waals surface area contributed by atoms with Gasteiger partial charge in [0.25, 0.3) is 5.91 Å². The maximum atomic E-state index is 12.4. The monoisotopic (exact) mass is 338 g/mol. The van der Waals surface area contributed by atoms with Crippen LogP contribution in [0.25, 0.3) is 0 Å². The number of amides is 2. The molecule has 0 aromatic heterocycles. The Morgan fingerprint density at radius 1 is 1.36 bits per heavy atom. The third kappa shape index (κ3) is 2.80. The van der Waals surface area contributed by atoms with Gasteiger partial charge >= 0.3 is 5.97 Å². The number of carboxylic acid groups (broad SMARTS) is 1. The number of benzene rings is 1. The van der Waals surface area contributed by atoms with Gasteiger partial charge in [-0.3, -0.25) is 9.59 Å². The Kier molecular flexibility index (Phi) is 4.05. The van der Waals surface area contributed by atoms with Crippen molar-refractivity contribution < 1.29 is 19.5 Å². The molecule has 0 saturated carbocycles. The molecular formula is C14H14N2O4S2. The Balaban J connectivity index is 1.82. The number of rotatable bonds is 3. The number of hydrogen-bond acceptors (Lipinski definition) is 5. The van der Waals surface area contributed by atoms with Crippen LogP contribution in [0.1, 0.15) is 16.8 Å². The standard InChI is InChI=1S/C14H14N2O4S2/c17-11-6-22-10-2-1-8(5-9(10)15-11)12(18)16-14(13(19)20)3-4-21-7-14/h1-2,5H,3-4,6-7H2,(H,15,17)(H,16,18)(H,19,20)/t14-/m1/s1. The highest BCUT2D eigenvalue weighted by molar-refractivity contribution is 8.00. The van der Waals surface area contributed by atoms with E-state index >= 15 is 0 Å². The molecule has 2 aliphatic rings. The van der Waals surface area contributed by atoms with Crippen molar-refractivity contribution in [2.45, 2.75) is 16.9 Å². The van der Waals surface area contributed by atoms with Crippen LogP contribution in [0.15, 0.2) is 23.1 Å². The molecular weight excluding hydrogens is 324 g/mol. The van der Waals surface area contributed by atoms with Gasteiger partial charge in [0.05, 0.1) is 11.4 Å². The van der Waals surface area contributed by atoms with Crippen LogP contribution in [-0.4, -0.2) is 45.7 Å². The second kappa shape index (κ2) is 5.85. The Bertz CT molecular complexity index is 656. The molecule has 0 aliphatic carbocycles. The van der Waals surface area contributed by atoms with E-state index in [4.69, 9.17) is 0 Å². The molecule has 22 heavy (non-hydrogen) atoms. The van der Waals surface area contributed by atoms with Crippen molar-refractivity contribution in [3.05, 3.63) is 23.8 Å². The number of aliphatic carboxylic acids is 1. The number of anilines is 1. The minimum atomic E-state index is -1.20. The zero-order valence-electron chi connectivity index (χ0n) is 11.5. The van der Waals surface area contributed by atoms with Gasteiger partial charge in [-0.1, -0.05) is 0 Å². The molecule has 0 bridgehead atoms. The van der Waals surface area contributed by atoms with Crippen LogP contribution in [0, 0.1) is 0 Å². The molecule has 1 atom stereocenters. The molecule has 1 aromatic carbocycles. The summed E-state index contributed by atoms with van der Waals surface area (Å²) in [4.78, 5) is 36.2. The molecule has 1 fully saturated rings. The number of carbonyl (C=O) groups excluding carboxylic acids is 2. The first-order valence-corrected chi connectivity index (χ1v) is 8.85. The van der Waals surface area contributed by atoms with Crippen LogP contribution in [0.4, 0.5) is 5.69 Å². The van der Waals surface area contributed by atoms with E-state index in [-0.39, 0.29) is 5.91 Å². The minimum absolute atomic E-state index is 0.107. The van der Waals surface area contributed by atoms with Crippen LogP contribution in [0.5, 0.6) is 0 Å². The summed E-state index contributed by atoms with van der Waals surface area (Å²) in [5.41, 5.74) is -0.256. The third-order valence-corrected chi connectivity index (χ3v) is 5.92. The average molecular weight is 338 g/mol. The summed E-state index contributed by atoms with van der Waals surface area (Å²) >= 11 is 2.93. The van der Waals surface area contributed by atoms with Crippen LogP contribution >= 0.6 is 23.5 Å². The van der Waals surface area contributed by atoms with E-state index in [9.17, 15) is 19.5 Å². The fraction of sp³-hybridized carbons (Fsp3) is 0.357. The number of carboxylic acids is 1. The van der Waals surface area contributed by atoms with Gasteiger partial charge < -0.3 is 15.7 Å². The molecule has 116 valence electrons. The maximum absolute atomic E-state index is 12.4. The lowest BCUT2D eigenvalue weighted by molar-refractivity contribution is -0.143. The molecule has 0 spiro atoms. The summed E-state index contributed by atoms with van der Waals surface area (Å²) in [6.45, 7) is 0. The molecule has 2 heterocycles. The van der Waals surface area contributed by atoms with Crippen molar-refractivity contribution in [2.75, 3.05) is 22.6 Å². The highest BCUT2D eigenvalue weighted by Crippen LogP contribution is 2.33. The van der Waals surface area contributed by atoms with Crippen LogP contribution < -0.4 is 10.6 Å². The number of hydrogen-bond donors (Lipinski definition) is 3. The highest BCUT2D eigenvalue weighted by atomic mass is 32.2. The Labute approximate surface area is 135 Å². The number of fused-ring (bicyclic) bond motifs is 1. The summed E-state index contributed by atoms with van der Waals surface area (Å²) in [5, 5.41) is 14.8. The quantitative estimate of drug-likeness (QED) is 0.771. The summed E-state index contributed by atoms with van der Waals surface area (Å²) in [6, 6.07) is 5.01. The Morgan fingerprint density at radius 2 is 2.18 bits per heavy atom. The Morgan fingerprint density at radius 3 is 2.86 bits per heavy atom. The minimum Gasteiger partial charge on any atom is -0.479 e. The lowest BCUT2D eigenvalue weighted by atomic mass is 9.98. The first kappa shape index (κ1) is 15.2. The van der Waals surface area contributed by atoms with E-state index in [1.54, 1.807) is 18.2 Å². The lowest BCUT2D eigenvalue weighted by Crippen LogP contribution is -2.54. The van der Waals surface area contributed by atoms with E-state index in [0.717, 1.165) is 4.90 Å². The molecule has 2 aliphatic heterocycles. The first-order valence-electron chi connectivity index (χ1n) is 6.70. The SMILES string of the molecule is O=C1CSc2ccc(C(=O)N[C@]3(C(=O)O)CCSC3)cc2N1. The van der Waals surface area contributed by atoms with E-state index in [1.807, 2.05) is 0 Å². The van der Waals surface area contributed by atoms with Gasteiger partial charge in [0, 0.05) is 16.2 Å². The maximum Gasteiger partial charge on any atom is 0.330 e. The van der Waals surface area contributed by atoms with Crippen LogP contribution in [-0.2, 0) is 9.59 Å². The molecule has 2 amide bonds. The molecule has 6 nitrogen and oxygen atoms in total. The normalized spacial score (nSPS) is 23.5. The molecule has 1 aromatic rings. The van der Waals surface area contributed by atoms with Crippen LogP contribution in [0.3, 0.4) is 0 Å². The van der Waals surface area contributed by atoms with Crippen molar-refractivity contribution in [3.63, 3.8) is 0 Å². The summed E-state index contributed by atoms with van der Waals surface area (Å²) in [7, 11) is 0. The van der Waals surface area contributed by atoms with Gasteiger partial charge in [0.15, 0.2) is 0 Å². The fourth-order valence-corrected chi connectivity index (χ4v) is 4.51. The van der Waals surface area contributed by atoms with Crippen molar-refractivity contribution in [1.82, 2.24) is 5.32 Å². The predicted molar refractivity (Wildman–Crippen MR) is 85.6 cm³/mol. The Hall–Kier alpha value is -1.67. The van der Waals surface area contributed by atoms with Gasteiger partial charge in [-0.25, -0.2) is 4.79 Å². The van der Waals surface area contributed by atoms with Crippen molar-refractivity contribution in [3.8, 4) is 0 Å². The zero-order chi connectivity index (χ0) is 15.7. The first-order chi connectivity index (χ1) is 10.5. The number of nitrogens with one attached hydrogen (secondary N) is 2. The van der Waals surface area contributed by atoms with E-state index in [0.29, 0.717) is 34.9 Å². The van der Waals surface area contributed by atoms with E-state index in [2.05, 4.69) is 10.6 Å². The van der Waals surface area contributed by atoms with Crippen molar-refractivity contribution in [2.24, 2.45) is 0 Å². The van der Waals surface area contributed by atoms with Gasteiger partial charge in [0.2, 0.25) is 5.91 Å². The highest BCUT2D eigenvalue weighted by Gasteiger charge is 2.43. The van der Waals surface area contributed by atoms with Crippen molar-refractivity contribution >= 4 is 47.0 Å². The van der Waals surface area contributed by atoms with Gasteiger partial charge in [-0.2, -0.15) is 11.8 Å². The summed E-state index contributed by atoms with van der Waals surface area (Å²) in [6.07, 6.45) is 0.413. The predicted octanol–water partition coefficient (Wildman–Crippen LogP) is 1.42. The topological polar surface area (TPSA) is 95.5 Å². The molecule has 3 rings (SSSR count). The summed E-state index contributed by atoms with van der Waals surface area (Å²) in [5.74, 6) is -0.109. The second-order valence-electron chi connectivity index (χ2n) is 5.19. The smallest absolute Gasteiger partial charge is 0.330 e. The second-order valence-corrected chi connectivity index (χ2v) is 7.31. The number of thioether (sulfide) groups is 2. The lowest BCUT2D eigenvalue weighted by Gasteiger charge is -2.25. The van der Waals surface area contributed by atoms with Gasteiger partial charge in [-0.05, 0) is 30.4 Å². The number of carbonyl (C=O) groups is 3. The molecule has 0 unspecified atom stereocenters. The average Bonchev–Trinajstić information content (AvgIpc) is 2.96. The zero-order valence-corrected chi connectivity index (χ0v) is 13.2. The largest absolute Gasteiger partial charge is 0.479 e. The van der Waals surface area contributed by atoms with Crippen molar-refractivity contribution in [1.29, 1.82) is 0 Å². The third-order valence-electron chi connectivity index (χ3n) is 3.66. The molecule has 3 N–H and O–H groups in total. The molecule has 1 saturated heterocycles. The van der Waals surface area contributed by atoms with Crippen LogP contribution in [0.2, 0.25) is 0 Å². The van der Waals surface area contributed by atoms with Gasteiger partial charge in [0.1, 0.15) is 5.54 Å². The summed E-state index contributed by atoms with van der Waals surface area (Å²) < 4.78 is 0. The fourth-order valence-electron chi connectivity index (χ4n) is 2.40. The van der Waals surface area contributed by atoms with Gasteiger partial charge in [-0.15, -0.1) is 11.8 Å². The van der Waals surface area contributed by atoms with E-state index in [1.165, 1.54) is 23.5 Å².